The van der Waals surface area contributed by atoms with E-state index in [1.165, 1.54) is 25.9 Å². The first-order valence-electron chi connectivity index (χ1n) is 11.6. The third kappa shape index (κ3) is 5.04. The van der Waals surface area contributed by atoms with Gasteiger partial charge in [0.2, 0.25) is 0 Å². The molecule has 0 N–H and O–H groups in total. The normalized spacial score (nSPS) is 18.9. The molecule has 2 aliphatic heterocycles. The van der Waals surface area contributed by atoms with Crippen LogP contribution in [-0.2, 0) is 6.54 Å². The van der Waals surface area contributed by atoms with Crippen LogP contribution < -0.4 is 0 Å². The van der Waals surface area contributed by atoms with E-state index in [4.69, 9.17) is 4.42 Å². The molecule has 2 saturated heterocycles. The largest absolute Gasteiger partial charge is 0.454 e. The molecule has 0 unspecified atom stereocenters. The lowest BCUT2D eigenvalue weighted by atomic mass is 9.96. The van der Waals surface area contributed by atoms with Gasteiger partial charge in [0, 0.05) is 37.4 Å². The molecule has 2 aromatic heterocycles. The summed E-state index contributed by atoms with van der Waals surface area (Å²) in [6.45, 7) is 14.2. The Balaban J connectivity index is 1.34. The standard InChI is InChI=1S/C24H37N5O2/c1-17(2)13-28(20-8-10-26(5)11-9-20)21-14-27(15-21)24(30)23-7-6-22(31-23)16-29-19(4)12-18(3)25-29/h6-7,12,17,20-21H,8-11,13-16H2,1-5H3. The van der Waals surface area contributed by atoms with Crippen LogP contribution in [0.5, 0.6) is 0 Å². The second kappa shape index (κ2) is 9.17. The quantitative estimate of drug-likeness (QED) is 0.680. The summed E-state index contributed by atoms with van der Waals surface area (Å²) in [5, 5.41) is 4.48. The molecule has 0 aliphatic carbocycles. The molecule has 0 spiro atoms. The Kier molecular flexibility index (Phi) is 6.53. The average Bonchev–Trinajstić information content (AvgIpc) is 3.26. The van der Waals surface area contributed by atoms with Crippen LogP contribution in [0.4, 0.5) is 0 Å². The van der Waals surface area contributed by atoms with E-state index < -0.39 is 0 Å². The highest BCUT2D eigenvalue weighted by Crippen LogP contribution is 2.26. The summed E-state index contributed by atoms with van der Waals surface area (Å²) in [5.41, 5.74) is 2.08. The Bertz CT molecular complexity index is 888. The van der Waals surface area contributed by atoms with Crippen LogP contribution in [0.2, 0.25) is 0 Å². The number of nitrogens with zero attached hydrogens (tertiary/aromatic N) is 5. The maximum atomic E-state index is 13.0. The molecule has 0 bridgehead atoms. The van der Waals surface area contributed by atoms with E-state index in [0.29, 0.717) is 30.3 Å². The van der Waals surface area contributed by atoms with Gasteiger partial charge in [0.1, 0.15) is 5.76 Å². The van der Waals surface area contributed by atoms with Crippen LogP contribution >= 0.6 is 0 Å². The summed E-state index contributed by atoms with van der Waals surface area (Å²) >= 11 is 0. The topological polar surface area (TPSA) is 57.8 Å². The van der Waals surface area contributed by atoms with E-state index >= 15 is 0 Å². The number of hydrogen-bond donors (Lipinski definition) is 0. The molecule has 0 saturated carbocycles. The van der Waals surface area contributed by atoms with Gasteiger partial charge in [0.05, 0.1) is 12.2 Å². The molecule has 2 aromatic rings. The van der Waals surface area contributed by atoms with Crippen LogP contribution in [0.15, 0.2) is 22.6 Å². The Labute approximate surface area is 186 Å². The van der Waals surface area contributed by atoms with Crippen LogP contribution in [0.1, 0.15) is 54.4 Å². The predicted molar refractivity (Wildman–Crippen MR) is 121 cm³/mol. The minimum atomic E-state index is 0.00347. The number of likely N-dealkylation sites (tertiary alicyclic amines) is 2. The fourth-order valence-corrected chi connectivity index (χ4v) is 4.89. The van der Waals surface area contributed by atoms with Gasteiger partial charge in [-0.1, -0.05) is 13.8 Å². The summed E-state index contributed by atoms with van der Waals surface area (Å²) in [5.74, 6) is 1.83. The second-order valence-electron chi connectivity index (χ2n) is 9.84. The second-order valence-corrected chi connectivity index (χ2v) is 9.84. The zero-order valence-electron chi connectivity index (χ0n) is 19.7. The SMILES string of the molecule is Cc1cc(C)n(Cc2ccc(C(=O)N3CC(N(CC(C)C)C4CCN(C)CC4)C3)o2)n1. The van der Waals surface area contributed by atoms with Crippen molar-refractivity contribution in [1.29, 1.82) is 0 Å². The first-order valence-corrected chi connectivity index (χ1v) is 11.6. The molecule has 0 aromatic carbocycles. The number of amides is 1. The van der Waals surface area contributed by atoms with Gasteiger partial charge in [0.15, 0.2) is 5.76 Å². The first kappa shape index (κ1) is 22.1. The highest BCUT2D eigenvalue weighted by molar-refractivity contribution is 5.92. The van der Waals surface area contributed by atoms with Crippen molar-refractivity contribution >= 4 is 5.91 Å². The third-order valence-corrected chi connectivity index (χ3v) is 6.63. The van der Waals surface area contributed by atoms with Gasteiger partial charge in [-0.3, -0.25) is 14.4 Å². The number of rotatable bonds is 7. The summed E-state index contributed by atoms with van der Waals surface area (Å²) < 4.78 is 7.80. The van der Waals surface area contributed by atoms with Crippen LogP contribution in [0.25, 0.3) is 0 Å². The van der Waals surface area contributed by atoms with Gasteiger partial charge in [-0.05, 0) is 70.9 Å². The Morgan fingerprint density at radius 3 is 2.52 bits per heavy atom. The number of carbonyl (C=O) groups excluding carboxylic acids is 1. The number of aryl methyl sites for hydroxylation is 2. The minimum absolute atomic E-state index is 0.00347. The zero-order chi connectivity index (χ0) is 22.1. The van der Waals surface area contributed by atoms with Crippen molar-refractivity contribution in [2.24, 2.45) is 5.92 Å². The number of piperidine rings is 1. The lowest BCUT2D eigenvalue weighted by Gasteiger charge is -2.50. The number of hydrogen-bond acceptors (Lipinski definition) is 5. The van der Waals surface area contributed by atoms with Crippen molar-refractivity contribution in [3.8, 4) is 0 Å². The van der Waals surface area contributed by atoms with Crippen molar-refractivity contribution in [2.45, 2.75) is 59.2 Å². The molecule has 0 atom stereocenters. The van der Waals surface area contributed by atoms with E-state index in [2.05, 4.69) is 35.8 Å². The van der Waals surface area contributed by atoms with Crippen LogP contribution in [0, 0.1) is 19.8 Å². The van der Waals surface area contributed by atoms with Gasteiger partial charge in [-0.15, -0.1) is 0 Å². The molecule has 2 fully saturated rings. The number of carbonyl (C=O) groups is 1. The third-order valence-electron chi connectivity index (χ3n) is 6.63. The number of aromatic nitrogens is 2. The number of furan rings is 1. The first-order chi connectivity index (χ1) is 14.8. The van der Waals surface area contributed by atoms with E-state index in [1.807, 2.05) is 35.6 Å². The summed E-state index contributed by atoms with van der Waals surface area (Å²) in [4.78, 5) is 20.0. The minimum Gasteiger partial charge on any atom is -0.454 e. The van der Waals surface area contributed by atoms with Crippen molar-refractivity contribution in [2.75, 3.05) is 39.8 Å². The van der Waals surface area contributed by atoms with E-state index in [1.54, 1.807) is 6.07 Å². The molecule has 7 nitrogen and oxygen atoms in total. The van der Waals surface area contributed by atoms with Crippen LogP contribution in [-0.4, -0.2) is 82.2 Å². The molecular weight excluding hydrogens is 390 g/mol. The Morgan fingerprint density at radius 2 is 1.90 bits per heavy atom. The maximum absolute atomic E-state index is 13.0. The maximum Gasteiger partial charge on any atom is 0.289 e. The molecule has 4 rings (SSSR count). The van der Waals surface area contributed by atoms with E-state index in [-0.39, 0.29) is 5.91 Å². The summed E-state index contributed by atoms with van der Waals surface area (Å²) in [7, 11) is 2.21. The molecule has 31 heavy (non-hydrogen) atoms. The Morgan fingerprint density at radius 1 is 1.19 bits per heavy atom. The highest BCUT2D eigenvalue weighted by atomic mass is 16.4. The zero-order valence-corrected chi connectivity index (χ0v) is 19.7. The summed E-state index contributed by atoms with van der Waals surface area (Å²) in [6, 6.07) is 6.84. The van der Waals surface area contributed by atoms with Crippen LogP contribution in [0.3, 0.4) is 0 Å². The van der Waals surface area contributed by atoms with Gasteiger partial charge < -0.3 is 14.2 Å². The smallest absolute Gasteiger partial charge is 0.289 e. The van der Waals surface area contributed by atoms with Gasteiger partial charge in [-0.2, -0.15) is 5.10 Å². The average molecular weight is 428 g/mol. The lowest BCUT2D eigenvalue weighted by molar-refractivity contribution is -0.00934. The predicted octanol–water partition coefficient (Wildman–Crippen LogP) is 3.02. The van der Waals surface area contributed by atoms with Crippen molar-refractivity contribution in [3.63, 3.8) is 0 Å². The lowest BCUT2D eigenvalue weighted by Crippen LogP contribution is -2.64. The molecule has 2 aliphatic rings. The highest BCUT2D eigenvalue weighted by Gasteiger charge is 2.39. The molecule has 0 radical (unpaired) electrons. The molecule has 170 valence electrons. The van der Waals surface area contributed by atoms with Crippen molar-refractivity contribution in [3.05, 3.63) is 41.1 Å². The van der Waals surface area contributed by atoms with Crippen molar-refractivity contribution < 1.29 is 9.21 Å². The van der Waals surface area contributed by atoms with E-state index in [9.17, 15) is 4.79 Å². The fraction of sp³-hybridized carbons (Fsp3) is 0.667. The molecule has 1 amide bonds. The fourth-order valence-electron chi connectivity index (χ4n) is 4.89. The van der Waals surface area contributed by atoms with E-state index in [0.717, 1.165) is 36.8 Å². The molecule has 7 heteroatoms. The Hall–Kier alpha value is -2.12. The van der Waals surface area contributed by atoms with Crippen molar-refractivity contribution in [1.82, 2.24) is 24.5 Å². The monoisotopic (exact) mass is 427 g/mol. The van der Waals surface area contributed by atoms with Gasteiger partial charge in [0.25, 0.3) is 5.91 Å². The van der Waals surface area contributed by atoms with Gasteiger partial charge >= 0.3 is 0 Å². The molecule has 4 heterocycles. The summed E-state index contributed by atoms with van der Waals surface area (Å²) in [6.07, 6.45) is 2.45. The molecular formula is C24H37N5O2. The van der Waals surface area contributed by atoms with Gasteiger partial charge in [-0.25, -0.2) is 0 Å².